The van der Waals surface area contributed by atoms with Crippen LogP contribution in [0, 0.1) is 5.92 Å². The van der Waals surface area contributed by atoms with Crippen LogP contribution in [0.3, 0.4) is 0 Å². The summed E-state index contributed by atoms with van der Waals surface area (Å²) in [5.41, 5.74) is 0.885. The van der Waals surface area contributed by atoms with Crippen LogP contribution < -0.4 is 16.0 Å². The fraction of sp³-hybridized carbons (Fsp3) is 0.655. The molecule has 1 aromatic carbocycles. The monoisotopic (exact) mass is 515 g/mol. The van der Waals surface area contributed by atoms with E-state index in [2.05, 4.69) is 22.9 Å². The van der Waals surface area contributed by atoms with Gasteiger partial charge in [0.15, 0.2) is 0 Å². The number of unbranched alkanes of at least 4 members (excludes halogenated alkanes) is 5. The van der Waals surface area contributed by atoms with Gasteiger partial charge in [0, 0.05) is 6.42 Å². The molecular formula is C29H45N3O5. The molecule has 5 atom stereocenters. The first-order valence-electron chi connectivity index (χ1n) is 13.9. The molecule has 1 aliphatic rings. The number of benzene rings is 1. The summed E-state index contributed by atoms with van der Waals surface area (Å²) in [6, 6.07) is 6.79. The zero-order chi connectivity index (χ0) is 27.2. The minimum Gasteiger partial charge on any atom is -0.460 e. The van der Waals surface area contributed by atoms with Crippen molar-refractivity contribution in [3.8, 4) is 0 Å². The normalized spacial score (nSPS) is 24.4. The molecule has 0 aromatic heterocycles. The molecule has 206 valence electrons. The molecule has 0 bridgehead atoms. The van der Waals surface area contributed by atoms with Crippen molar-refractivity contribution in [1.82, 2.24) is 16.0 Å². The van der Waals surface area contributed by atoms with Gasteiger partial charge >= 0.3 is 5.97 Å². The van der Waals surface area contributed by atoms with Crippen molar-refractivity contribution >= 4 is 23.7 Å². The molecule has 1 fully saturated rings. The lowest BCUT2D eigenvalue weighted by Gasteiger charge is -2.26. The predicted octanol–water partition coefficient (Wildman–Crippen LogP) is 3.82. The maximum Gasteiger partial charge on any atom is 0.329 e. The Morgan fingerprint density at radius 1 is 0.892 bits per heavy atom. The lowest BCUT2D eigenvalue weighted by atomic mass is 9.98. The van der Waals surface area contributed by atoms with E-state index in [4.69, 9.17) is 4.74 Å². The molecule has 2 rings (SSSR count). The van der Waals surface area contributed by atoms with Gasteiger partial charge < -0.3 is 20.7 Å². The summed E-state index contributed by atoms with van der Waals surface area (Å²) in [7, 11) is 0. The first-order valence-corrected chi connectivity index (χ1v) is 13.9. The van der Waals surface area contributed by atoms with Crippen LogP contribution >= 0.6 is 0 Å². The summed E-state index contributed by atoms with van der Waals surface area (Å²) >= 11 is 0. The lowest BCUT2D eigenvalue weighted by Crippen LogP contribution is -2.55. The Kier molecular flexibility index (Phi) is 13.2. The maximum atomic E-state index is 13.2. The Morgan fingerprint density at radius 3 is 2.24 bits per heavy atom. The minimum atomic E-state index is -0.887. The zero-order valence-electron chi connectivity index (χ0n) is 22.9. The molecule has 0 spiro atoms. The number of rotatable bonds is 11. The van der Waals surface area contributed by atoms with Crippen molar-refractivity contribution in [3.63, 3.8) is 0 Å². The molecule has 3 N–H and O–H groups in total. The summed E-state index contributed by atoms with van der Waals surface area (Å²) in [4.78, 5) is 52.3. The second kappa shape index (κ2) is 16.0. The van der Waals surface area contributed by atoms with E-state index in [-0.39, 0.29) is 24.7 Å². The predicted molar refractivity (Wildman–Crippen MR) is 144 cm³/mol. The van der Waals surface area contributed by atoms with Crippen molar-refractivity contribution in [2.45, 2.75) is 116 Å². The summed E-state index contributed by atoms with van der Waals surface area (Å²) in [5.74, 6) is -1.97. The number of esters is 1. The lowest BCUT2D eigenvalue weighted by molar-refractivity contribution is -0.156. The van der Waals surface area contributed by atoms with Crippen molar-refractivity contribution < 1.29 is 23.9 Å². The molecule has 1 heterocycles. The van der Waals surface area contributed by atoms with E-state index in [0.717, 1.165) is 31.2 Å². The average molecular weight is 516 g/mol. The van der Waals surface area contributed by atoms with Gasteiger partial charge in [0.05, 0.1) is 6.42 Å². The zero-order valence-corrected chi connectivity index (χ0v) is 22.9. The standard InChI is InChI=1S/C29H45N3O5/c1-5-7-8-9-10-14-17-23-19-25(33)31-24(18-22-15-12-11-13-16-22)28(35)30-21(4)27(34)32-26(20(3)6-2)29(36)37-23/h11-13,15-16,20-21,23-24,26H,5-10,14,17-19H2,1-4H3,(H,30,35)(H,31,33)(H,32,34). The molecule has 3 amide bonds. The van der Waals surface area contributed by atoms with Crippen LogP contribution in [0.5, 0.6) is 0 Å². The Bertz CT molecular complexity index is 876. The van der Waals surface area contributed by atoms with Gasteiger partial charge in [-0.15, -0.1) is 0 Å². The average Bonchev–Trinajstić information content (AvgIpc) is 2.88. The highest BCUT2D eigenvalue weighted by molar-refractivity contribution is 5.94. The summed E-state index contributed by atoms with van der Waals surface area (Å²) in [6.45, 7) is 7.54. The molecule has 1 aromatic rings. The summed E-state index contributed by atoms with van der Waals surface area (Å²) < 4.78 is 5.84. The Balaban J connectivity index is 2.24. The smallest absolute Gasteiger partial charge is 0.329 e. The van der Waals surface area contributed by atoms with E-state index in [1.54, 1.807) is 6.92 Å². The van der Waals surface area contributed by atoms with Crippen LogP contribution in [-0.4, -0.2) is 47.9 Å². The minimum absolute atomic E-state index is 0.0318. The van der Waals surface area contributed by atoms with E-state index >= 15 is 0 Å². The third kappa shape index (κ3) is 10.5. The quantitative estimate of drug-likeness (QED) is 0.306. The highest BCUT2D eigenvalue weighted by Gasteiger charge is 2.33. The first-order chi connectivity index (χ1) is 17.7. The molecule has 8 nitrogen and oxygen atoms in total. The van der Waals surface area contributed by atoms with Gasteiger partial charge in [-0.05, 0) is 31.2 Å². The Hall–Kier alpha value is -2.90. The maximum absolute atomic E-state index is 13.2. The van der Waals surface area contributed by atoms with Crippen molar-refractivity contribution in [1.29, 1.82) is 0 Å². The molecule has 1 saturated heterocycles. The molecule has 5 unspecified atom stereocenters. The van der Waals surface area contributed by atoms with Crippen molar-refractivity contribution in [2.75, 3.05) is 0 Å². The van der Waals surface area contributed by atoms with Crippen molar-refractivity contribution in [2.24, 2.45) is 5.92 Å². The van der Waals surface area contributed by atoms with E-state index in [1.165, 1.54) is 12.8 Å². The number of nitrogens with one attached hydrogen (secondary N) is 3. The number of carbonyl (C=O) groups is 4. The first kappa shape index (κ1) is 30.3. The van der Waals surface area contributed by atoms with Crippen LogP contribution in [0.1, 0.15) is 91.0 Å². The number of carbonyl (C=O) groups excluding carboxylic acids is 4. The molecule has 8 heteroatoms. The SMILES string of the molecule is CCCCCCCCC1CC(=O)NC(Cc2ccccc2)C(=O)NC(C)C(=O)NC(C(C)CC)C(=O)O1. The fourth-order valence-corrected chi connectivity index (χ4v) is 4.44. The Morgan fingerprint density at radius 2 is 1.57 bits per heavy atom. The summed E-state index contributed by atoms with van der Waals surface area (Å²) in [6.07, 6.45) is 7.29. The van der Waals surface area contributed by atoms with Crippen LogP contribution in [0.2, 0.25) is 0 Å². The third-order valence-electron chi connectivity index (χ3n) is 7.03. The van der Waals surface area contributed by atoms with Gasteiger partial charge in [-0.2, -0.15) is 0 Å². The second-order valence-corrected chi connectivity index (χ2v) is 10.2. The Labute approximate surface area is 221 Å². The van der Waals surface area contributed by atoms with Gasteiger partial charge in [0.25, 0.3) is 0 Å². The van der Waals surface area contributed by atoms with E-state index in [0.29, 0.717) is 12.8 Å². The van der Waals surface area contributed by atoms with Crippen LogP contribution in [0.25, 0.3) is 0 Å². The van der Waals surface area contributed by atoms with Gasteiger partial charge in [-0.3, -0.25) is 14.4 Å². The molecule has 1 aliphatic heterocycles. The molecule has 37 heavy (non-hydrogen) atoms. The number of cyclic esters (lactones) is 1. The van der Waals surface area contributed by atoms with Crippen LogP contribution in [0.4, 0.5) is 0 Å². The largest absolute Gasteiger partial charge is 0.460 e. The topological polar surface area (TPSA) is 114 Å². The third-order valence-corrected chi connectivity index (χ3v) is 7.03. The fourth-order valence-electron chi connectivity index (χ4n) is 4.44. The number of ether oxygens (including phenoxy) is 1. The van der Waals surface area contributed by atoms with Crippen LogP contribution in [0.15, 0.2) is 30.3 Å². The van der Waals surface area contributed by atoms with E-state index in [9.17, 15) is 19.2 Å². The molecule has 0 aliphatic carbocycles. The number of amides is 3. The molecule has 0 radical (unpaired) electrons. The van der Waals surface area contributed by atoms with E-state index < -0.39 is 42.0 Å². The van der Waals surface area contributed by atoms with Gasteiger partial charge in [-0.1, -0.05) is 89.6 Å². The highest BCUT2D eigenvalue weighted by atomic mass is 16.5. The molecule has 0 saturated carbocycles. The number of hydrogen-bond acceptors (Lipinski definition) is 5. The molecular weight excluding hydrogens is 470 g/mol. The summed E-state index contributed by atoms with van der Waals surface area (Å²) in [5, 5.41) is 8.31. The van der Waals surface area contributed by atoms with E-state index in [1.807, 2.05) is 44.2 Å². The van der Waals surface area contributed by atoms with Gasteiger partial charge in [0.2, 0.25) is 17.7 Å². The second-order valence-electron chi connectivity index (χ2n) is 10.2. The van der Waals surface area contributed by atoms with Crippen LogP contribution in [-0.2, 0) is 30.3 Å². The van der Waals surface area contributed by atoms with Gasteiger partial charge in [0.1, 0.15) is 24.2 Å². The highest BCUT2D eigenvalue weighted by Crippen LogP contribution is 2.17. The van der Waals surface area contributed by atoms with Crippen molar-refractivity contribution in [3.05, 3.63) is 35.9 Å². The van der Waals surface area contributed by atoms with Gasteiger partial charge in [-0.25, -0.2) is 4.79 Å². The number of hydrogen-bond donors (Lipinski definition) is 3.